The Morgan fingerprint density at radius 2 is 2.11 bits per heavy atom. The number of halogens is 1. The van der Waals surface area contributed by atoms with Crippen LogP contribution in [0.1, 0.15) is 5.56 Å². The summed E-state index contributed by atoms with van der Waals surface area (Å²) in [6, 6.07) is 5.07. The van der Waals surface area contributed by atoms with Crippen molar-refractivity contribution in [1.82, 2.24) is 0 Å². The smallest absolute Gasteiger partial charge is 0.149 e. The van der Waals surface area contributed by atoms with Gasteiger partial charge in [0, 0.05) is 31.1 Å². The van der Waals surface area contributed by atoms with Gasteiger partial charge in [0.05, 0.1) is 10.8 Å². The summed E-state index contributed by atoms with van der Waals surface area (Å²) in [5.74, 6) is -0.0133. The van der Waals surface area contributed by atoms with E-state index in [4.69, 9.17) is 22.7 Å². The van der Waals surface area contributed by atoms with Crippen molar-refractivity contribution in [3.05, 3.63) is 28.8 Å². The molecule has 0 aliphatic rings. The highest BCUT2D eigenvalue weighted by Gasteiger charge is 2.09. The topological polar surface area (TPSA) is 87.2 Å². The molecule has 3 N–H and O–H groups in total. The molecule has 0 atom stereocenters. The number of anilines is 1. The Morgan fingerprint density at radius 1 is 1.50 bits per heavy atom. The second-order valence-corrected chi connectivity index (χ2v) is 6.80. The first kappa shape index (κ1) is 14.8. The second kappa shape index (κ2) is 5.58. The van der Waals surface area contributed by atoms with Gasteiger partial charge in [-0.25, -0.2) is 8.42 Å². The molecule has 5 nitrogen and oxygen atoms in total. The van der Waals surface area contributed by atoms with Crippen LogP contribution in [0.4, 0.5) is 5.69 Å². The van der Waals surface area contributed by atoms with Crippen LogP contribution in [0, 0.1) is 5.41 Å². The van der Waals surface area contributed by atoms with Crippen molar-refractivity contribution in [3.63, 3.8) is 0 Å². The Morgan fingerprint density at radius 3 is 2.56 bits per heavy atom. The largest absolute Gasteiger partial charge is 0.384 e. The maximum Gasteiger partial charge on any atom is 0.149 e. The van der Waals surface area contributed by atoms with Crippen LogP contribution in [0.2, 0.25) is 5.02 Å². The molecule has 7 heteroatoms. The van der Waals surface area contributed by atoms with Crippen molar-refractivity contribution in [2.75, 3.05) is 30.5 Å². The highest BCUT2D eigenvalue weighted by Crippen LogP contribution is 2.22. The van der Waals surface area contributed by atoms with E-state index in [1.807, 2.05) is 0 Å². The average Bonchev–Trinajstić information content (AvgIpc) is 2.24. The Bertz CT molecular complexity index is 557. The molecule has 0 amide bonds. The van der Waals surface area contributed by atoms with Gasteiger partial charge in [0.2, 0.25) is 0 Å². The molecule has 0 saturated heterocycles. The van der Waals surface area contributed by atoms with Crippen molar-refractivity contribution in [2.45, 2.75) is 0 Å². The van der Waals surface area contributed by atoms with E-state index in [1.165, 1.54) is 6.26 Å². The fourth-order valence-corrected chi connectivity index (χ4v) is 2.27. The van der Waals surface area contributed by atoms with Gasteiger partial charge in [-0.2, -0.15) is 0 Å². The third kappa shape index (κ3) is 4.19. The number of sulfone groups is 1. The summed E-state index contributed by atoms with van der Waals surface area (Å²) in [4.78, 5) is 1.79. The van der Waals surface area contributed by atoms with Crippen LogP contribution in [-0.2, 0) is 9.84 Å². The number of nitrogen functional groups attached to an aromatic ring is 1. The summed E-state index contributed by atoms with van der Waals surface area (Å²) in [5, 5.41) is 7.70. The second-order valence-electron chi connectivity index (χ2n) is 4.13. The molecular formula is C11H16ClN3O2S. The van der Waals surface area contributed by atoms with Crippen LogP contribution in [0.15, 0.2) is 18.2 Å². The van der Waals surface area contributed by atoms with E-state index in [2.05, 4.69) is 0 Å². The summed E-state index contributed by atoms with van der Waals surface area (Å²) < 4.78 is 22.2. The molecule has 0 heterocycles. The van der Waals surface area contributed by atoms with E-state index in [0.29, 0.717) is 17.1 Å². The third-order valence-corrected chi connectivity index (χ3v) is 3.72. The molecule has 0 saturated carbocycles. The maximum atomic E-state index is 11.1. The molecule has 0 fully saturated rings. The first-order chi connectivity index (χ1) is 8.20. The fourth-order valence-electron chi connectivity index (χ4n) is 1.39. The molecule has 1 aromatic rings. The predicted molar refractivity (Wildman–Crippen MR) is 75.4 cm³/mol. The number of hydrogen-bond acceptors (Lipinski definition) is 4. The molecule has 0 spiro atoms. The summed E-state index contributed by atoms with van der Waals surface area (Å²) in [5.41, 5.74) is 6.62. The van der Waals surface area contributed by atoms with Gasteiger partial charge in [-0.3, -0.25) is 5.41 Å². The van der Waals surface area contributed by atoms with E-state index >= 15 is 0 Å². The Labute approximate surface area is 112 Å². The summed E-state index contributed by atoms with van der Waals surface area (Å²) in [7, 11) is -1.21. The van der Waals surface area contributed by atoms with Crippen LogP contribution >= 0.6 is 11.6 Å². The van der Waals surface area contributed by atoms with Crippen LogP contribution in [-0.4, -0.2) is 39.9 Å². The van der Waals surface area contributed by atoms with Crippen molar-refractivity contribution in [2.24, 2.45) is 5.73 Å². The summed E-state index contributed by atoms with van der Waals surface area (Å²) in [6.45, 7) is 0.384. The molecule has 100 valence electrons. The van der Waals surface area contributed by atoms with E-state index in [9.17, 15) is 8.42 Å². The number of hydrogen-bond donors (Lipinski definition) is 2. The van der Waals surface area contributed by atoms with Gasteiger partial charge in [-0.1, -0.05) is 11.6 Å². The van der Waals surface area contributed by atoms with Gasteiger partial charge in [0.25, 0.3) is 0 Å². The number of nitrogens with two attached hydrogens (primary N) is 1. The number of nitrogens with zero attached hydrogens (tertiary/aromatic N) is 1. The standard InChI is InChI=1S/C11H16ClN3O2S/c1-15(5-6-18(2,16)17)8-3-4-9(11(13)14)10(12)7-8/h3-4,7H,5-6H2,1-2H3,(H3,13,14). The number of benzene rings is 1. The van der Waals surface area contributed by atoms with Gasteiger partial charge in [0.15, 0.2) is 0 Å². The molecule has 1 aromatic carbocycles. The molecule has 0 unspecified atom stereocenters. The monoisotopic (exact) mass is 289 g/mol. The minimum absolute atomic E-state index is 0.0789. The number of rotatable bonds is 5. The van der Waals surface area contributed by atoms with Gasteiger partial charge in [-0.05, 0) is 18.2 Å². The zero-order valence-corrected chi connectivity index (χ0v) is 11.8. The van der Waals surface area contributed by atoms with Crippen LogP contribution in [0.3, 0.4) is 0 Å². The minimum atomic E-state index is -2.99. The predicted octanol–water partition coefficient (Wildman–Crippen LogP) is 1.10. The quantitative estimate of drug-likeness (QED) is 0.628. The van der Waals surface area contributed by atoms with Crippen molar-refractivity contribution in [3.8, 4) is 0 Å². The van der Waals surface area contributed by atoms with Crippen molar-refractivity contribution < 1.29 is 8.42 Å². The number of nitrogens with one attached hydrogen (secondary N) is 1. The Kier molecular flexibility index (Phi) is 4.59. The molecule has 0 aromatic heterocycles. The molecule has 0 bridgehead atoms. The zero-order valence-electron chi connectivity index (χ0n) is 10.3. The lowest BCUT2D eigenvalue weighted by Gasteiger charge is -2.19. The van der Waals surface area contributed by atoms with Crippen LogP contribution in [0.25, 0.3) is 0 Å². The SMILES string of the molecule is CN(CCS(C)(=O)=O)c1ccc(C(=N)N)c(Cl)c1. The lowest BCUT2D eigenvalue weighted by Crippen LogP contribution is -2.25. The highest BCUT2D eigenvalue weighted by atomic mass is 35.5. The maximum absolute atomic E-state index is 11.1. The molecule has 0 aliphatic carbocycles. The van der Waals surface area contributed by atoms with Gasteiger partial charge in [-0.15, -0.1) is 0 Å². The Balaban J connectivity index is 2.85. The third-order valence-electron chi connectivity index (χ3n) is 2.48. The molecule has 0 aliphatic heterocycles. The fraction of sp³-hybridized carbons (Fsp3) is 0.364. The van der Waals surface area contributed by atoms with Gasteiger partial charge in [0.1, 0.15) is 15.7 Å². The van der Waals surface area contributed by atoms with Gasteiger partial charge < -0.3 is 10.6 Å². The highest BCUT2D eigenvalue weighted by molar-refractivity contribution is 7.90. The lowest BCUT2D eigenvalue weighted by molar-refractivity contribution is 0.601. The summed E-state index contributed by atoms with van der Waals surface area (Å²) in [6.07, 6.45) is 1.20. The molecular weight excluding hydrogens is 274 g/mol. The molecule has 1 rings (SSSR count). The molecule has 18 heavy (non-hydrogen) atoms. The Hall–Kier alpha value is -1.27. The first-order valence-electron chi connectivity index (χ1n) is 5.23. The van der Waals surface area contributed by atoms with E-state index in [1.54, 1.807) is 30.1 Å². The van der Waals surface area contributed by atoms with Crippen molar-refractivity contribution >= 4 is 33.0 Å². The number of amidine groups is 1. The average molecular weight is 290 g/mol. The molecule has 0 radical (unpaired) electrons. The van der Waals surface area contributed by atoms with E-state index < -0.39 is 9.84 Å². The van der Waals surface area contributed by atoms with E-state index in [-0.39, 0.29) is 11.6 Å². The summed E-state index contributed by atoms with van der Waals surface area (Å²) >= 11 is 5.99. The van der Waals surface area contributed by atoms with Crippen molar-refractivity contribution in [1.29, 1.82) is 5.41 Å². The van der Waals surface area contributed by atoms with Gasteiger partial charge >= 0.3 is 0 Å². The normalized spacial score (nSPS) is 11.3. The zero-order chi connectivity index (χ0) is 13.9. The van der Waals surface area contributed by atoms with Crippen LogP contribution < -0.4 is 10.6 Å². The lowest BCUT2D eigenvalue weighted by atomic mass is 10.2. The van der Waals surface area contributed by atoms with Crippen LogP contribution in [0.5, 0.6) is 0 Å². The first-order valence-corrected chi connectivity index (χ1v) is 7.67. The minimum Gasteiger partial charge on any atom is -0.384 e. The van der Waals surface area contributed by atoms with E-state index in [0.717, 1.165) is 5.69 Å².